The molecule has 0 N–H and O–H groups in total. The number of fused-ring (bicyclic) bond motifs is 1. The van der Waals surface area contributed by atoms with Crippen LogP contribution in [0.5, 0.6) is 5.75 Å². The lowest BCUT2D eigenvalue weighted by Gasteiger charge is -2.04. The Morgan fingerprint density at radius 3 is 2.84 bits per heavy atom. The summed E-state index contributed by atoms with van der Waals surface area (Å²) in [5.74, 6) is 0.941. The van der Waals surface area contributed by atoms with Gasteiger partial charge >= 0.3 is 0 Å². The van der Waals surface area contributed by atoms with Crippen molar-refractivity contribution in [3.63, 3.8) is 0 Å². The van der Waals surface area contributed by atoms with Gasteiger partial charge < -0.3 is 4.74 Å². The van der Waals surface area contributed by atoms with Crippen LogP contribution in [0.1, 0.15) is 23.1 Å². The number of nitrogens with zero attached hydrogens (tertiary/aromatic N) is 1. The number of pyridine rings is 1. The maximum atomic E-state index is 5.26. The van der Waals surface area contributed by atoms with Crippen molar-refractivity contribution in [2.75, 3.05) is 7.11 Å². The van der Waals surface area contributed by atoms with Crippen LogP contribution in [0.4, 0.5) is 0 Å². The van der Waals surface area contributed by atoms with Gasteiger partial charge in [-0.25, -0.2) is 0 Å². The van der Waals surface area contributed by atoms with E-state index in [9.17, 15) is 0 Å². The molecule has 98 valence electrons. The Hall–Kier alpha value is -1.80. The Balaban J connectivity index is 0.00000133. The first-order chi connectivity index (χ1) is 8.86. The second kappa shape index (κ2) is 5.89. The molecule has 3 rings (SSSR count). The maximum Gasteiger partial charge on any atom is 0.119 e. The Bertz CT molecular complexity index is 593. The van der Waals surface area contributed by atoms with Crippen LogP contribution in [0.3, 0.4) is 0 Å². The molecule has 0 radical (unpaired) electrons. The van der Waals surface area contributed by atoms with E-state index in [1.165, 1.54) is 16.7 Å². The standard InChI is InChI=1S/C16H15NO.ClH/c1-18-15-6-7-16-13(4-5-14(16)10-15)9-12-3-2-8-17-11-12;/h2-3,6-11H,4-5H2,1H3;1H/b13-9+;. The molecular formula is C16H16ClNO. The highest BCUT2D eigenvalue weighted by Crippen LogP contribution is 2.35. The minimum atomic E-state index is 0. The number of ether oxygens (including phenoxy) is 1. The average molecular weight is 274 g/mol. The first kappa shape index (κ1) is 13.6. The van der Waals surface area contributed by atoms with E-state index in [0.717, 1.165) is 24.2 Å². The monoisotopic (exact) mass is 273 g/mol. The molecule has 0 atom stereocenters. The van der Waals surface area contributed by atoms with Crippen molar-refractivity contribution >= 4 is 24.1 Å². The topological polar surface area (TPSA) is 22.1 Å². The number of allylic oxidation sites excluding steroid dienone is 1. The van der Waals surface area contributed by atoms with Gasteiger partial charge in [-0.05, 0) is 59.4 Å². The maximum absolute atomic E-state index is 5.26. The van der Waals surface area contributed by atoms with E-state index in [1.54, 1.807) is 13.3 Å². The predicted octanol–water partition coefficient (Wildman–Crippen LogP) is 4.00. The largest absolute Gasteiger partial charge is 0.497 e. The fraction of sp³-hybridized carbons (Fsp3) is 0.188. The molecule has 0 saturated heterocycles. The molecule has 0 fully saturated rings. The highest BCUT2D eigenvalue weighted by Gasteiger charge is 2.16. The van der Waals surface area contributed by atoms with Crippen LogP contribution in [-0.2, 0) is 6.42 Å². The predicted molar refractivity (Wildman–Crippen MR) is 80.7 cm³/mol. The van der Waals surface area contributed by atoms with Crippen molar-refractivity contribution in [3.8, 4) is 5.75 Å². The summed E-state index contributed by atoms with van der Waals surface area (Å²) in [6.07, 6.45) is 8.12. The summed E-state index contributed by atoms with van der Waals surface area (Å²) < 4.78 is 5.26. The van der Waals surface area contributed by atoms with E-state index in [0.29, 0.717) is 0 Å². The normalized spacial score (nSPS) is 14.9. The number of benzene rings is 1. The van der Waals surface area contributed by atoms with Crippen LogP contribution in [0.25, 0.3) is 11.6 Å². The molecule has 0 aliphatic heterocycles. The summed E-state index contributed by atoms with van der Waals surface area (Å²) in [4.78, 5) is 4.15. The smallest absolute Gasteiger partial charge is 0.119 e. The third-order valence-electron chi connectivity index (χ3n) is 3.35. The molecule has 0 unspecified atom stereocenters. The summed E-state index contributed by atoms with van der Waals surface area (Å²) >= 11 is 0. The lowest BCUT2D eigenvalue weighted by Crippen LogP contribution is -1.86. The highest BCUT2D eigenvalue weighted by atomic mass is 35.5. The lowest BCUT2D eigenvalue weighted by atomic mass is 10.1. The molecule has 0 amide bonds. The third kappa shape index (κ3) is 2.79. The van der Waals surface area contributed by atoms with Crippen LogP contribution < -0.4 is 4.74 Å². The third-order valence-corrected chi connectivity index (χ3v) is 3.35. The van der Waals surface area contributed by atoms with Gasteiger partial charge in [0, 0.05) is 12.4 Å². The number of hydrogen-bond donors (Lipinski definition) is 0. The Labute approximate surface area is 119 Å². The van der Waals surface area contributed by atoms with Gasteiger partial charge in [0.2, 0.25) is 0 Å². The summed E-state index contributed by atoms with van der Waals surface area (Å²) in [5.41, 5.74) is 5.28. The molecule has 2 aromatic rings. The Morgan fingerprint density at radius 2 is 2.11 bits per heavy atom. The van der Waals surface area contributed by atoms with Gasteiger partial charge in [0.05, 0.1) is 7.11 Å². The van der Waals surface area contributed by atoms with Crippen LogP contribution in [0.2, 0.25) is 0 Å². The average Bonchev–Trinajstić information content (AvgIpc) is 2.82. The van der Waals surface area contributed by atoms with Gasteiger partial charge in [0.1, 0.15) is 5.75 Å². The molecule has 0 bridgehead atoms. The number of aryl methyl sites for hydroxylation is 1. The van der Waals surface area contributed by atoms with Crippen molar-refractivity contribution in [2.45, 2.75) is 12.8 Å². The van der Waals surface area contributed by atoms with E-state index in [-0.39, 0.29) is 12.4 Å². The van der Waals surface area contributed by atoms with Crippen molar-refractivity contribution < 1.29 is 4.74 Å². The lowest BCUT2D eigenvalue weighted by molar-refractivity contribution is 0.414. The van der Waals surface area contributed by atoms with E-state index < -0.39 is 0 Å². The molecular weight excluding hydrogens is 258 g/mol. The molecule has 0 saturated carbocycles. The molecule has 1 aliphatic rings. The number of methoxy groups -OCH3 is 1. The molecule has 1 aromatic heterocycles. The van der Waals surface area contributed by atoms with Crippen molar-refractivity contribution in [2.24, 2.45) is 0 Å². The molecule has 1 heterocycles. The second-order valence-corrected chi connectivity index (χ2v) is 4.48. The van der Waals surface area contributed by atoms with E-state index >= 15 is 0 Å². The zero-order chi connectivity index (χ0) is 12.4. The minimum absolute atomic E-state index is 0. The van der Waals surface area contributed by atoms with Gasteiger partial charge in [-0.2, -0.15) is 0 Å². The van der Waals surface area contributed by atoms with E-state index in [4.69, 9.17) is 4.74 Å². The summed E-state index contributed by atoms with van der Waals surface area (Å²) in [7, 11) is 1.71. The van der Waals surface area contributed by atoms with Gasteiger partial charge in [-0.15, -0.1) is 12.4 Å². The van der Waals surface area contributed by atoms with Crippen molar-refractivity contribution in [1.82, 2.24) is 4.98 Å². The van der Waals surface area contributed by atoms with E-state index in [1.807, 2.05) is 18.3 Å². The zero-order valence-corrected chi connectivity index (χ0v) is 11.6. The van der Waals surface area contributed by atoms with Gasteiger partial charge in [0.15, 0.2) is 0 Å². The Morgan fingerprint density at radius 1 is 1.21 bits per heavy atom. The summed E-state index contributed by atoms with van der Waals surface area (Å²) in [6.45, 7) is 0. The zero-order valence-electron chi connectivity index (χ0n) is 10.8. The molecule has 19 heavy (non-hydrogen) atoms. The highest BCUT2D eigenvalue weighted by molar-refractivity contribution is 5.85. The molecule has 1 aromatic carbocycles. The van der Waals surface area contributed by atoms with Crippen LogP contribution in [0, 0.1) is 0 Å². The number of hydrogen-bond acceptors (Lipinski definition) is 2. The summed E-state index contributed by atoms with van der Waals surface area (Å²) in [6, 6.07) is 10.4. The Kier molecular flexibility index (Phi) is 4.23. The molecule has 3 heteroatoms. The molecule has 0 spiro atoms. The SMILES string of the molecule is COc1ccc2c(c1)CC/C2=C\c1cccnc1.Cl. The summed E-state index contributed by atoms with van der Waals surface area (Å²) in [5, 5.41) is 0. The van der Waals surface area contributed by atoms with Crippen LogP contribution >= 0.6 is 12.4 Å². The quantitative estimate of drug-likeness (QED) is 0.825. The second-order valence-electron chi connectivity index (χ2n) is 4.48. The number of rotatable bonds is 2. The molecule has 2 nitrogen and oxygen atoms in total. The first-order valence-corrected chi connectivity index (χ1v) is 6.15. The fourth-order valence-corrected chi connectivity index (χ4v) is 2.43. The van der Waals surface area contributed by atoms with Crippen LogP contribution in [-0.4, -0.2) is 12.1 Å². The molecule has 1 aliphatic carbocycles. The number of aromatic nitrogens is 1. The van der Waals surface area contributed by atoms with Crippen LogP contribution in [0.15, 0.2) is 42.7 Å². The minimum Gasteiger partial charge on any atom is -0.497 e. The van der Waals surface area contributed by atoms with Gasteiger partial charge in [0.25, 0.3) is 0 Å². The van der Waals surface area contributed by atoms with Gasteiger partial charge in [-0.3, -0.25) is 4.98 Å². The number of halogens is 1. The van der Waals surface area contributed by atoms with Crippen molar-refractivity contribution in [3.05, 3.63) is 59.4 Å². The fourth-order valence-electron chi connectivity index (χ4n) is 2.43. The van der Waals surface area contributed by atoms with Crippen molar-refractivity contribution in [1.29, 1.82) is 0 Å². The van der Waals surface area contributed by atoms with Gasteiger partial charge in [-0.1, -0.05) is 12.1 Å². The first-order valence-electron chi connectivity index (χ1n) is 6.15. The van der Waals surface area contributed by atoms with E-state index in [2.05, 4.69) is 29.3 Å².